The van der Waals surface area contributed by atoms with E-state index < -0.39 is 0 Å². The highest BCUT2D eigenvalue weighted by molar-refractivity contribution is 5.77. The number of methoxy groups -OCH3 is 1. The van der Waals surface area contributed by atoms with Crippen LogP contribution in [0.4, 0.5) is 0 Å². The van der Waals surface area contributed by atoms with Gasteiger partial charge < -0.3 is 15.0 Å². The predicted octanol–water partition coefficient (Wildman–Crippen LogP) is -0.689. The van der Waals surface area contributed by atoms with Crippen LogP contribution >= 0.6 is 0 Å². The summed E-state index contributed by atoms with van der Waals surface area (Å²) in [5.41, 5.74) is 0. The lowest BCUT2D eigenvalue weighted by Crippen LogP contribution is -2.34. The zero-order valence-electron chi connectivity index (χ0n) is 7.39. The van der Waals surface area contributed by atoms with E-state index in [1.165, 1.54) is 0 Å². The number of rotatable bonds is 5. The van der Waals surface area contributed by atoms with Crippen molar-refractivity contribution in [1.82, 2.24) is 10.2 Å². The number of nitrogens with one attached hydrogen (secondary N) is 1. The van der Waals surface area contributed by atoms with Gasteiger partial charge >= 0.3 is 0 Å². The van der Waals surface area contributed by atoms with Gasteiger partial charge in [0.2, 0.25) is 5.91 Å². The largest absolute Gasteiger partial charge is 0.383 e. The number of nitrogens with zero attached hydrogens (tertiary/aromatic N) is 1. The first kappa shape index (κ1) is 10.4. The smallest absolute Gasteiger partial charge is 0.234 e. The summed E-state index contributed by atoms with van der Waals surface area (Å²) in [6, 6.07) is 0. The summed E-state index contributed by atoms with van der Waals surface area (Å²) >= 11 is 0. The van der Waals surface area contributed by atoms with E-state index in [1.54, 1.807) is 7.11 Å². The van der Waals surface area contributed by atoms with E-state index >= 15 is 0 Å². The van der Waals surface area contributed by atoms with Crippen LogP contribution in [0, 0.1) is 0 Å². The highest BCUT2D eigenvalue weighted by atomic mass is 16.5. The molecule has 66 valence electrons. The molecule has 0 spiro atoms. The van der Waals surface area contributed by atoms with Gasteiger partial charge in [0.15, 0.2) is 0 Å². The molecule has 1 N–H and O–H groups in total. The molecule has 1 amide bonds. The Hall–Kier alpha value is -0.610. The Morgan fingerprint density at radius 1 is 1.55 bits per heavy atom. The summed E-state index contributed by atoms with van der Waals surface area (Å²) < 4.78 is 4.77. The van der Waals surface area contributed by atoms with Crippen LogP contribution in [0.2, 0.25) is 0 Å². The lowest BCUT2D eigenvalue weighted by atomic mass is 10.5. The van der Waals surface area contributed by atoms with Gasteiger partial charge in [0, 0.05) is 13.7 Å². The second kappa shape index (κ2) is 6.12. The maximum Gasteiger partial charge on any atom is 0.234 e. The van der Waals surface area contributed by atoms with Gasteiger partial charge in [0.1, 0.15) is 0 Å². The van der Waals surface area contributed by atoms with Crippen LogP contribution in [0.1, 0.15) is 0 Å². The summed E-state index contributed by atoms with van der Waals surface area (Å²) in [5, 5.41) is 2.71. The van der Waals surface area contributed by atoms with Crippen LogP contribution in [0.15, 0.2) is 0 Å². The summed E-state index contributed by atoms with van der Waals surface area (Å²) in [6.45, 7) is 1.59. The van der Waals surface area contributed by atoms with Crippen LogP contribution in [-0.2, 0) is 9.53 Å². The molecule has 0 aromatic carbocycles. The SMILES string of the molecule is COCCNC(=O)CN(C)C. The molecule has 0 radical (unpaired) electrons. The van der Waals surface area contributed by atoms with Gasteiger partial charge in [-0.05, 0) is 14.1 Å². The molecule has 0 saturated heterocycles. The van der Waals surface area contributed by atoms with Gasteiger partial charge in [-0.1, -0.05) is 0 Å². The normalized spacial score (nSPS) is 10.2. The molecular formula is C7H16N2O2. The molecule has 0 aliphatic rings. The van der Waals surface area contributed by atoms with Gasteiger partial charge in [-0.25, -0.2) is 0 Å². The molecule has 0 aromatic heterocycles. The molecule has 0 aliphatic carbocycles. The minimum Gasteiger partial charge on any atom is -0.383 e. The van der Waals surface area contributed by atoms with Crippen LogP contribution in [-0.4, -0.2) is 51.7 Å². The summed E-state index contributed by atoms with van der Waals surface area (Å²) in [5.74, 6) is 0.0343. The monoisotopic (exact) mass is 160 g/mol. The molecule has 0 heterocycles. The molecule has 0 aliphatic heterocycles. The minimum atomic E-state index is 0.0343. The minimum absolute atomic E-state index is 0.0343. The highest BCUT2D eigenvalue weighted by Crippen LogP contribution is 1.73. The molecule has 0 atom stereocenters. The topological polar surface area (TPSA) is 41.6 Å². The summed E-state index contributed by atoms with van der Waals surface area (Å²) in [6.07, 6.45) is 0. The summed E-state index contributed by atoms with van der Waals surface area (Å²) in [4.78, 5) is 12.7. The van der Waals surface area contributed by atoms with E-state index in [0.717, 1.165) is 0 Å². The molecule has 0 rings (SSSR count). The third-order valence-electron chi connectivity index (χ3n) is 1.09. The van der Waals surface area contributed by atoms with E-state index in [4.69, 9.17) is 4.74 Å². The lowest BCUT2D eigenvalue weighted by Gasteiger charge is -2.09. The first-order valence-corrected chi connectivity index (χ1v) is 3.57. The van der Waals surface area contributed by atoms with Crippen molar-refractivity contribution in [2.24, 2.45) is 0 Å². The third-order valence-corrected chi connectivity index (χ3v) is 1.09. The second-order valence-corrected chi connectivity index (χ2v) is 2.58. The quantitative estimate of drug-likeness (QED) is 0.541. The van der Waals surface area contributed by atoms with Crippen molar-refractivity contribution in [3.8, 4) is 0 Å². The van der Waals surface area contributed by atoms with Crippen molar-refractivity contribution in [2.45, 2.75) is 0 Å². The van der Waals surface area contributed by atoms with Crippen molar-refractivity contribution in [3.63, 3.8) is 0 Å². The van der Waals surface area contributed by atoms with Gasteiger partial charge in [-0.2, -0.15) is 0 Å². The van der Waals surface area contributed by atoms with Gasteiger partial charge in [0.05, 0.1) is 13.2 Å². The number of amides is 1. The Morgan fingerprint density at radius 2 is 2.18 bits per heavy atom. The van der Waals surface area contributed by atoms with Gasteiger partial charge in [0.25, 0.3) is 0 Å². The van der Waals surface area contributed by atoms with Crippen molar-refractivity contribution in [1.29, 1.82) is 0 Å². The fraction of sp³-hybridized carbons (Fsp3) is 0.857. The number of hydrogen-bond donors (Lipinski definition) is 1. The van der Waals surface area contributed by atoms with Gasteiger partial charge in [-0.15, -0.1) is 0 Å². The number of carbonyl (C=O) groups is 1. The second-order valence-electron chi connectivity index (χ2n) is 2.58. The van der Waals surface area contributed by atoms with Crippen molar-refractivity contribution >= 4 is 5.91 Å². The maximum absolute atomic E-state index is 10.9. The molecule has 0 saturated carbocycles. The number of carbonyl (C=O) groups excluding carboxylic acids is 1. The Morgan fingerprint density at radius 3 is 2.64 bits per heavy atom. The van der Waals surface area contributed by atoms with E-state index in [2.05, 4.69) is 5.32 Å². The molecule has 0 bridgehead atoms. The van der Waals surface area contributed by atoms with Crippen molar-refractivity contribution < 1.29 is 9.53 Å². The van der Waals surface area contributed by atoms with Crippen LogP contribution in [0.3, 0.4) is 0 Å². The first-order chi connectivity index (χ1) is 5.16. The van der Waals surface area contributed by atoms with Gasteiger partial charge in [-0.3, -0.25) is 4.79 Å². The maximum atomic E-state index is 10.9. The Kier molecular flexibility index (Phi) is 5.78. The first-order valence-electron chi connectivity index (χ1n) is 3.57. The van der Waals surface area contributed by atoms with Crippen molar-refractivity contribution in [2.75, 3.05) is 40.9 Å². The van der Waals surface area contributed by atoms with E-state index in [-0.39, 0.29) is 5.91 Å². The van der Waals surface area contributed by atoms with E-state index in [0.29, 0.717) is 19.7 Å². The standard InChI is InChI=1S/C7H16N2O2/c1-9(2)6-7(10)8-4-5-11-3/h4-6H2,1-3H3,(H,8,10). The van der Waals surface area contributed by atoms with Crippen LogP contribution in [0.25, 0.3) is 0 Å². The van der Waals surface area contributed by atoms with E-state index in [1.807, 2.05) is 19.0 Å². The molecule has 11 heavy (non-hydrogen) atoms. The fourth-order valence-corrected chi connectivity index (χ4v) is 0.636. The van der Waals surface area contributed by atoms with Crippen LogP contribution < -0.4 is 5.32 Å². The van der Waals surface area contributed by atoms with E-state index in [9.17, 15) is 4.79 Å². The number of hydrogen-bond acceptors (Lipinski definition) is 3. The Balaban J connectivity index is 3.23. The zero-order chi connectivity index (χ0) is 8.69. The average Bonchev–Trinajstić information content (AvgIpc) is 1.86. The fourth-order valence-electron chi connectivity index (χ4n) is 0.636. The molecule has 0 fully saturated rings. The molecule has 4 heteroatoms. The Labute approximate surface area is 67.5 Å². The average molecular weight is 160 g/mol. The summed E-state index contributed by atoms with van der Waals surface area (Å²) in [7, 11) is 5.32. The molecule has 4 nitrogen and oxygen atoms in total. The lowest BCUT2D eigenvalue weighted by molar-refractivity contribution is -0.121. The third kappa shape index (κ3) is 7.29. The molecule has 0 aromatic rings. The van der Waals surface area contributed by atoms with Crippen LogP contribution in [0.5, 0.6) is 0 Å². The predicted molar refractivity (Wildman–Crippen MR) is 43.4 cm³/mol. The molecular weight excluding hydrogens is 144 g/mol. The number of likely N-dealkylation sites (N-methyl/N-ethyl adjacent to an activating group) is 1. The Bertz CT molecular complexity index is 115. The molecule has 0 unspecified atom stereocenters. The number of ether oxygens (including phenoxy) is 1. The zero-order valence-corrected chi connectivity index (χ0v) is 7.39. The van der Waals surface area contributed by atoms with Crippen molar-refractivity contribution in [3.05, 3.63) is 0 Å². The highest BCUT2D eigenvalue weighted by Gasteiger charge is 1.99.